The molecule has 2 aromatic heterocycles. The van der Waals surface area contributed by atoms with Gasteiger partial charge in [0.2, 0.25) is 0 Å². The number of nitrogens with one attached hydrogen (secondary N) is 1. The topological polar surface area (TPSA) is 89.9 Å². The minimum Gasteiger partial charge on any atom is -0.456 e. The highest BCUT2D eigenvalue weighted by atomic mass is 35.5. The van der Waals surface area contributed by atoms with E-state index in [-0.39, 0.29) is 17.9 Å². The number of hydrogen-bond donors (Lipinski definition) is 1. The van der Waals surface area contributed by atoms with E-state index in [4.69, 9.17) is 16.3 Å². The van der Waals surface area contributed by atoms with Crippen molar-refractivity contribution >= 4 is 28.3 Å². The maximum Gasteiger partial charge on any atom is 0.359 e. The van der Waals surface area contributed by atoms with E-state index in [1.165, 1.54) is 0 Å². The maximum atomic E-state index is 12.6. The lowest BCUT2D eigenvalue weighted by atomic mass is 10.1. The van der Waals surface area contributed by atoms with Crippen LogP contribution in [0.15, 0.2) is 59.4 Å². The van der Waals surface area contributed by atoms with Crippen LogP contribution in [0.1, 0.15) is 21.7 Å². The zero-order valence-corrected chi connectivity index (χ0v) is 15.6. The van der Waals surface area contributed by atoms with E-state index in [9.17, 15) is 9.59 Å². The summed E-state index contributed by atoms with van der Waals surface area (Å²) >= 11 is 6.46. The smallest absolute Gasteiger partial charge is 0.359 e. The Bertz CT molecular complexity index is 1230. The molecule has 0 aliphatic carbocycles. The van der Waals surface area contributed by atoms with Gasteiger partial charge in [0.05, 0.1) is 16.8 Å². The molecule has 0 spiro atoms. The molecular formula is C20H15ClN4O3. The van der Waals surface area contributed by atoms with Crippen molar-refractivity contribution in [2.45, 2.75) is 13.5 Å². The molecule has 2 aromatic carbocycles. The lowest BCUT2D eigenvalue weighted by Gasteiger charge is -2.07. The van der Waals surface area contributed by atoms with Gasteiger partial charge in [-0.05, 0) is 25.1 Å². The van der Waals surface area contributed by atoms with Crippen molar-refractivity contribution in [2.75, 3.05) is 0 Å². The van der Waals surface area contributed by atoms with Crippen molar-refractivity contribution in [1.82, 2.24) is 20.0 Å². The van der Waals surface area contributed by atoms with Crippen molar-refractivity contribution in [1.29, 1.82) is 0 Å². The number of aromatic nitrogens is 4. The summed E-state index contributed by atoms with van der Waals surface area (Å²) in [5.41, 5.74) is 1.74. The summed E-state index contributed by atoms with van der Waals surface area (Å²) in [5.74, 6) is -0.657. The van der Waals surface area contributed by atoms with Gasteiger partial charge in [0.15, 0.2) is 5.69 Å². The minimum absolute atomic E-state index is 0.0411. The molecule has 0 fully saturated rings. The normalized spacial score (nSPS) is 10.9. The molecule has 28 heavy (non-hydrogen) atoms. The molecule has 1 N–H and O–H groups in total. The summed E-state index contributed by atoms with van der Waals surface area (Å²) in [7, 11) is 0. The molecule has 4 rings (SSSR count). The number of rotatable bonds is 4. The quantitative estimate of drug-likeness (QED) is 0.535. The first-order chi connectivity index (χ1) is 13.6. The zero-order chi connectivity index (χ0) is 19.7. The zero-order valence-electron chi connectivity index (χ0n) is 14.8. The monoisotopic (exact) mass is 394 g/mol. The Morgan fingerprint density at radius 2 is 1.79 bits per heavy atom. The van der Waals surface area contributed by atoms with Gasteiger partial charge in [-0.1, -0.05) is 48.0 Å². The fourth-order valence-corrected chi connectivity index (χ4v) is 3.24. The van der Waals surface area contributed by atoms with Crippen LogP contribution in [0.25, 0.3) is 16.5 Å². The van der Waals surface area contributed by atoms with Crippen LogP contribution >= 0.6 is 11.6 Å². The van der Waals surface area contributed by atoms with Crippen molar-refractivity contribution in [2.24, 2.45) is 0 Å². The lowest BCUT2D eigenvalue weighted by molar-refractivity contribution is 0.0466. The molecule has 0 saturated heterocycles. The van der Waals surface area contributed by atoms with E-state index in [0.717, 1.165) is 5.69 Å². The highest BCUT2D eigenvalue weighted by Gasteiger charge is 2.19. The van der Waals surface area contributed by atoms with Crippen LogP contribution in [0.5, 0.6) is 0 Å². The Morgan fingerprint density at radius 1 is 1.11 bits per heavy atom. The third-order valence-electron chi connectivity index (χ3n) is 4.36. The van der Waals surface area contributed by atoms with Gasteiger partial charge in [-0.2, -0.15) is 10.2 Å². The number of ether oxygens (including phenoxy) is 1. The SMILES string of the molecule is Cc1nn(-c2ccccc2)c(Cl)c1COC(=O)c1n[nH]c(=O)c2ccccc12. The van der Waals surface area contributed by atoms with Crippen LogP contribution in [0.4, 0.5) is 0 Å². The Hall–Kier alpha value is -3.45. The number of halogens is 1. The van der Waals surface area contributed by atoms with Crippen LogP contribution in [0.3, 0.4) is 0 Å². The maximum absolute atomic E-state index is 12.6. The van der Waals surface area contributed by atoms with Crippen LogP contribution < -0.4 is 5.56 Å². The van der Waals surface area contributed by atoms with Gasteiger partial charge in [-0.25, -0.2) is 14.6 Å². The molecule has 140 valence electrons. The molecular weight excluding hydrogens is 380 g/mol. The largest absolute Gasteiger partial charge is 0.456 e. The van der Waals surface area contributed by atoms with E-state index in [2.05, 4.69) is 15.3 Å². The average molecular weight is 395 g/mol. The van der Waals surface area contributed by atoms with Crippen molar-refractivity contribution < 1.29 is 9.53 Å². The molecule has 0 aliphatic rings. The Morgan fingerprint density at radius 3 is 2.54 bits per heavy atom. The fraction of sp³-hybridized carbons (Fsp3) is 0.100. The number of benzene rings is 2. The van der Waals surface area contributed by atoms with Crippen LogP contribution in [0.2, 0.25) is 5.15 Å². The molecule has 0 aliphatic heterocycles. The minimum atomic E-state index is -0.657. The second-order valence-corrected chi connectivity index (χ2v) is 6.48. The van der Waals surface area contributed by atoms with Gasteiger partial charge in [0.1, 0.15) is 11.8 Å². The number of H-pyrrole nitrogens is 1. The lowest BCUT2D eigenvalue weighted by Crippen LogP contribution is -2.16. The summed E-state index contributed by atoms with van der Waals surface area (Å²) in [6.45, 7) is 1.73. The van der Waals surface area contributed by atoms with E-state index in [1.807, 2.05) is 30.3 Å². The number of aryl methyl sites for hydroxylation is 1. The number of fused-ring (bicyclic) bond motifs is 1. The molecule has 4 aromatic rings. The first kappa shape index (κ1) is 17.9. The van der Waals surface area contributed by atoms with Gasteiger partial charge in [0, 0.05) is 10.9 Å². The van der Waals surface area contributed by atoms with E-state index >= 15 is 0 Å². The number of carbonyl (C=O) groups excluding carboxylic acids is 1. The van der Waals surface area contributed by atoms with Crippen molar-refractivity contribution in [3.63, 3.8) is 0 Å². The molecule has 0 unspecified atom stereocenters. The number of hydrogen-bond acceptors (Lipinski definition) is 5. The second kappa shape index (κ2) is 7.28. The summed E-state index contributed by atoms with van der Waals surface area (Å²) in [6.07, 6.45) is 0. The van der Waals surface area contributed by atoms with Crippen LogP contribution in [0, 0.1) is 6.92 Å². The summed E-state index contributed by atoms with van der Waals surface area (Å²) in [5, 5.41) is 11.8. The van der Waals surface area contributed by atoms with Crippen molar-refractivity contribution in [3.8, 4) is 5.69 Å². The van der Waals surface area contributed by atoms with E-state index in [0.29, 0.717) is 27.2 Å². The van der Waals surface area contributed by atoms with Gasteiger partial charge in [-0.15, -0.1) is 0 Å². The Balaban J connectivity index is 1.61. The molecule has 0 bridgehead atoms. The highest BCUT2D eigenvalue weighted by Crippen LogP contribution is 2.24. The molecule has 7 nitrogen and oxygen atoms in total. The first-order valence-corrected chi connectivity index (χ1v) is 8.88. The average Bonchev–Trinajstić information content (AvgIpc) is 3.01. The van der Waals surface area contributed by atoms with E-state index < -0.39 is 5.97 Å². The summed E-state index contributed by atoms with van der Waals surface area (Å²) in [4.78, 5) is 24.4. The van der Waals surface area contributed by atoms with Crippen molar-refractivity contribution in [3.05, 3.63) is 87.1 Å². The molecule has 8 heteroatoms. The number of esters is 1. The van der Waals surface area contributed by atoms with E-state index in [1.54, 1.807) is 35.9 Å². The third-order valence-corrected chi connectivity index (χ3v) is 4.75. The number of nitrogens with zero attached hydrogens (tertiary/aromatic N) is 3. The molecule has 0 atom stereocenters. The predicted molar refractivity (Wildman–Crippen MR) is 105 cm³/mol. The number of aromatic amines is 1. The first-order valence-electron chi connectivity index (χ1n) is 8.50. The molecule has 2 heterocycles. The Kier molecular flexibility index (Phi) is 4.67. The summed E-state index contributed by atoms with van der Waals surface area (Å²) < 4.78 is 7.00. The molecule has 0 saturated carbocycles. The van der Waals surface area contributed by atoms with Gasteiger partial charge in [-0.3, -0.25) is 4.79 Å². The molecule has 0 amide bonds. The highest BCUT2D eigenvalue weighted by molar-refractivity contribution is 6.30. The van der Waals surface area contributed by atoms with Crippen LogP contribution in [-0.2, 0) is 11.3 Å². The number of carbonyl (C=O) groups is 1. The van der Waals surface area contributed by atoms with Crippen LogP contribution in [-0.4, -0.2) is 25.9 Å². The van der Waals surface area contributed by atoms with Gasteiger partial charge in [0.25, 0.3) is 5.56 Å². The second-order valence-electron chi connectivity index (χ2n) is 6.13. The Labute approximate surface area is 164 Å². The summed E-state index contributed by atoms with van der Waals surface area (Å²) in [6, 6.07) is 16.1. The third kappa shape index (κ3) is 3.16. The van der Waals surface area contributed by atoms with Gasteiger partial charge >= 0.3 is 5.97 Å². The molecule has 0 radical (unpaired) electrons. The standard InChI is InChI=1S/C20H15ClN4O3/c1-12-16(18(21)25(24-12)13-7-3-2-4-8-13)11-28-20(27)17-14-9-5-6-10-15(14)19(26)23-22-17/h2-10H,11H2,1H3,(H,23,26). The fourth-order valence-electron chi connectivity index (χ4n) is 2.91. The van der Waals surface area contributed by atoms with Gasteiger partial charge < -0.3 is 4.74 Å². The predicted octanol–water partition coefficient (Wildman–Crippen LogP) is 3.43. The number of para-hydroxylation sites is 1.